The van der Waals surface area contributed by atoms with Crippen LogP contribution >= 0.6 is 15.9 Å². The van der Waals surface area contributed by atoms with Crippen molar-refractivity contribution in [1.29, 1.82) is 0 Å². The Bertz CT molecular complexity index is 566. The fourth-order valence-corrected chi connectivity index (χ4v) is 2.56. The molecule has 0 aliphatic carbocycles. The number of ether oxygens (including phenoxy) is 1. The van der Waals surface area contributed by atoms with Crippen molar-refractivity contribution in [2.24, 2.45) is 0 Å². The average Bonchev–Trinajstić information content (AvgIpc) is 2.45. The van der Waals surface area contributed by atoms with Crippen LogP contribution in [0.15, 0.2) is 59.1 Å². The number of hydrogen-bond acceptors (Lipinski definition) is 2. The molecule has 0 N–H and O–H groups in total. The predicted molar refractivity (Wildman–Crippen MR) is 83.7 cm³/mol. The number of ketones is 1. The Kier molecular flexibility index (Phi) is 5.50. The van der Waals surface area contributed by atoms with E-state index in [-0.39, 0.29) is 5.78 Å². The highest BCUT2D eigenvalue weighted by atomic mass is 79.9. The lowest BCUT2D eigenvalue weighted by Gasteiger charge is -2.16. The van der Waals surface area contributed by atoms with E-state index in [0.717, 1.165) is 15.6 Å². The molecule has 0 saturated carbocycles. The minimum atomic E-state index is -0.486. The van der Waals surface area contributed by atoms with E-state index in [2.05, 4.69) is 15.9 Å². The summed E-state index contributed by atoms with van der Waals surface area (Å²) in [5, 5.41) is 0. The smallest absolute Gasteiger partial charge is 0.170 e. The molecule has 0 aliphatic rings. The summed E-state index contributed by atoms with van der Waals surface area (Å²) in [4.78, 5) is 12.5. The number of hydrogen-bond donors (Lipinski definition) is 0. The van der Waals surface area contributed by atoms with E-state index in [1.54, 1.807) is 0 Å². The van der Waals surface area contributed by atoms with Crippen LogP contribution in [0.5, 0.6) is 0 Å². The van der Waals surface area contributed by atoms with Crippen LogP contribution in [0.3, 0.4) is 0 Å². The van der Waals surface area contributed by atoms with Crippen molar-refractivity contribution in [2.75, 3.05) is 6.61 Å². The molecule has 0 radical (unpaired) electrons. The monoisotopic (exact) mass is 332 g/mol. The summed E-state index contributed by atoms with van der Waals surface area (Å²) in [5.74, 6) is 0.0798. The van der Waals surface area contributed by atoms with E-state index in [1.165, 1.54) is 0 Å². The molecule has 0 bridgehead atoms. The molecule has 0 spiro atoms. The van der Waals surface area contributed by atoms with Crippen molar-refractivity contribution >= 4 is 21.7 Å². The molecule has 0 aromatic heterocycles. The van der Waals surface area contributed by atoms with E-state index < -0.39 is 6.10 Å². The highest BCUT2D eigenvalue weighted by Crippen LogP contribution is 2.21. The molecule has 2 nitrogen and oxygen atoms in total. The van der Waals surface area contributed by atoms with E-state index in [1.807, 2.05) is 61.5 Å². The Balaban J connectivity index is 2.15. The number of carbonyl (C=O) groups excluding carboxylic acids is 1. The van der Waals surface area contributed by atoms with Crippen LogP contribution in [0.4, 0.5) is 0 Å². The van der Waals surface area contributed by atoms with Gasteiger partial charge in [0.2, 0.25) is 0 Å². The van der Waals surface area contributed by atoms with Crippen LogP contribution < -0.4 is 0 Å². The van der Waals surface area contributed by atoms with E-state index in [9.17, 15) is 4.79 Å². The van der Waals surface area contributed by atoms with Gasteiger partial charge in [-0.05, 0) is 30.2 Å². The second-order valence-corrected chi connectivity index (χ2v) is 5.43. The second kappa shape index (κ2) is 7.36. The van der Waals surface area contributed by atoms with Crippen LogP contribution in [0, 0.1) is 0 Å². The molecule has 0 heterocycles. The SMILES string of the molecule is CCOC(C(=O)Cc1cccc(Br)c1)c1ccccc1. The lowest BCUT2D eigenvalue weighted by Crippen LogP contribution is -2.18. The zero-order valence-electron chi connectivity index (χ0n) is 11.4. The summed E-state index contributed by atoms with van der Waals surface area (Å²) in [5.41, 5.74) is 1.90. The van der Waals surface area contributed by atoms with Crippen LogP contribution in [-0.2, 0) is 16.0 Å². The van der Waals surface area contributed by atoms with E-state index in [4.69, 9.17) is 4.74 Å². The van der Waals surface area contributed by atoms with Crippen LogP contribution in [0.1, 0.15) is 24.2 Å². The molecule has 1 unspecified atom stereocenters. The topological polar surface area (TPSA) is 26.3 Å². The van der Waals surface area contributed by atoms with Gasteiger partial charge in [-0.15, -0.1) is 0 Å². The number of halogens is 1. The summed E-state index contributed by atoms with van der Waals surface area (Å²) < 4.78 is 6.61. The maximum Gasteiger partial charge on any atom is 0.170 e. The van der Waals surface area contributed by atoms with Gasteiger partial charge in [0.1, 0.15) is 6.10 Å². The first kappa shape index (κ1) is 14.9. The highest BCUT2D eigenvalue weighted by Gasteiger charge is 2.20. The summed E-state index contributed by atoms with van der Waals surface area (Å²) in [6.45, 7) is 2.42. The van der Waals surface area contributed by atoms with Crippen LogP contribution in [-0.4, -0.2) is 12.4 Å². The van der Waals surface area contributed by atoms with Crippen molar-refractivity contribution in [1.82, 2.24) is 0 Å². The van der Waals surface area contributed by atoms with Crippen molar-refractivity contribution in [3.05, 3.63) is 70.2 Å². The first-order valence-corrected chi connectivity index (χ1v) is 7.43. The van der Waals surface area contributed by atoms with Crippen molar-refractivity contribution < 1.29 is 9.53 Å². The molecule has 0 fully saturated rings. The molecule has 0 aliphatic heterocycles. The van der Waals surface area contributed by atoms with Gasteiger partial charge in [0, 0.05) is 17.5 Å². The van der Waals surface area contributed by atoms with E-state index in [0.29, 0.717) is 13.0 Å². The van der Waals surface area contributed by atoms with Crippen LogP contribution in [0.25, 0.3) is 0 Å². The molecule has 2 rings (SSSR count). The zero-order chi connectivity index (χ0) is 14.4. The second-order valence-electron chi connectivity index (χ2n) is 4.52. The highest BCUT2D eigenvalue weighted by molar-refractivity contribution is 9.10. The summed E-state index contributed by atoms with van der Waals surface area (Å²) in [7, 11) is 0. The molecular formula is C17H17BrO2. The van der Waals surface area contributed by atoms with Gasteiger partial charge in [-0.3, -0.25) is 4.79 Å². The van der Waals surface area contributed by atoms with Crippen molar-refractivity contribution in [2.45, 2.75) is 19.4 Å². The molecule has 3 heteroatoms. The van der Waals surface area contributed by atoms with Crippen molar-refractivity contribution in [3.8, 4) is 0 Å². The number of rotatable bonds is 6. The van der Waals surface area contributed by atoms with Gasteiger partial charge >= 0.3 is 0 Å². The van der Waals surface area contributed by atoms with Crippen molar-refractivity contribution in [3.63, 3.8) is 0 Å². The minimum Gasteiger partial charge on any atom is -0.366 e. The Morgan fingerprint density at radius 2 is 1.90 bits per heavy atom. The normalized spacial score (nSPS) is 12.1. The van der Waals surface area contributed by atoms with Gasteiger partial charge in [-0.1, -0.05) is 58.4 Å². The molecule has 0 saturated heterocycles. The fourth-order valence-electron chi connectivity index (χ4n) is 2.11. The summed E-state index contributed by atoms with van der Waals surface area (Å²) in [6.07, 6.45) is -0.112. The maximum absolute atomic E-state index is 12.5. The maximum atomic E-state index is 12.5. The summed E-state index contributed by atoms with van der Waals surface area (Å²) in [6, 6.07) is 17.4. The Hall–Kier alpha value is -1.45. The largest absolute Gasteiger partial charge is 0.366 e. The molecule has 20 heavy (non-hydrogen) atoms. The van der Waals surface area contributed by atoms with Gasteiger partial charge in [-0.2, -0.15) is 0 Å². The first-order chi connectivity index (χ1) is 9.70. The Morgan fingerprint density at radius 3 is 2.55 bits per heavy atom. The molecule has 104 valence electrons. The third kappa shape index (κ3) is 4.02. The third-order valence-corrected chi connectivity index (χ3v) is 3.49. The fraction of sp³-hybridized carbons (Fsp3) is 0.235. The number of benzene rings is 2. The number of Topliss-reactive ketones (excluding diaryl/α,β-unsaturated/α-hetero) is 1. The quantitative estimate of drug-likeness (QED) is 0.786. The molecule has 2 aromatic rings. The van der Waals surface area contributed by atoms with E-state index >= 15 is 0 Å². The van der Waals surface area contributed by atoms with Gasteiger partial charge in [0.15, 0.2) is 5.78 Å². The minimum absolute atomic E-state index is 0.0798. The van der Waals surface area contributed by atoms with Gasteiger partial charge in [0.05, 0.1) is 0 Å². The van der Waals surface area contributed by atoms with Gasteiger partial charge in [0.25, 0.3) is 0 Å². The zero-order valence-corrected chi connectivity index (χ0v) is 13.0. The Morgan fingerprint density at radius 1 is 1.15 bits per heavy atom. The third-order valence-electron chi connectivity index (χ3n) is 3.00. The molecular weight excluding hydrogens is 316 g/mol. The Labute approximate surface area is 127 Å². The summed E-state index contributed by atoms with van der Waals surface area (Å²) >= 11 is 3.42. The van der Waals surface area contributed by atoms with Gasteiger partial charge < -0.3 is 4.74 Å². The number of carbonyl (C=O) groups is 1. The molecule has 0 amide bonds. The standard InChI is InChI=1S/C17H17BrO2/c1-2-20-17(14-8-4-3-5-9-14)16(19)12-13-7-6-10-15(18)11-13/h3-11,17H,2,12H2,1H3. The predicted octanol–water partition coefficient (Wildman–Crippen LogP) is 4.34. The molecule has 2 aromatic carbocycles. The lowest BCUT2D eigenvalue weighted by atomic mass is 10.00. The molecule has 1 atom stereocenters. The average molecular weight is 333 g/mol. The van der Waals surface area contributed by atoms with Crippen LogP contribution in [0.2, 0.25) is 0 Å². The van der Waals surface area contributed by atoms with Gasteiger partial charge in [-0.25, -0.2) is 0 Å². The lowest BCUT2D eigenvalue weighted by molar-refractivity contribution is -0.130. The first-order valence-electron chi connectivity index (χ1n) is 6.64.